The summed E-state index contributed by atoms with van der Waals surface area (Å²) in [6.45, 7) is 2.17. The molecular weight excluding hydrogens is 278 g/mol. The fourth-order valence-electron chi connectivity index (χ4n) is 2.59. The lowest BCUT2D eigenvalue weighted by Crippen LogP contribution is -2.45. The zero-order chi connectivity index (χ0) is 14.8. The van der Waals surface area contributed by atoms with Gasteiger partial charge in [-0.25, -0.2) is 13.2 Å². The average Bonchev–Trinajstić information content (AvgIpc) is 2.47. The van der Waals surface area contributed by atoms with Crippen molar-refractivity contribution in [2.75, 3.05) is 17.2 Å². The summed E-state index contributed by atoms with van der Waals surface area (Å²) in [5.74, 6) is -0.885. The van der Waals surface area contributed by atoms with Gasteiger partial charge in [-0.05, 0) is 31.4 Å². The van der Waals surface area contributed by atoms with Gasteiger partial charge in [0.15, 0.2) is 9.84 Å². The molecule has 1 atom stereocenters. The van der Waals surface area contributed by atoms with Gasteiger partial charge >= 0.3 is 5.97 Å². The van der Waals surface area contributed by atoms with Crippen molar-refractivity contribution in [1.82, 2.24) is 0 Å². The molecule has 1 heterocycles. The molecule has 2 rings (SSSR count). The Hall–Kier alpha value is -1.56. The van der Waals surface area contributed by atoms with E-state index in [1.165, 1.54) is 0 Å². The molecule has 1 aliphatic rings. The molecule has 0 amide bonds. The highest BCUT2D eigenvalue weighted by Crippen LogP contribution is 2.31. The first-order chi connectivity index (χ1) is 9.47. The number of carboxylic acid groups (broad SMARTS) is 1. The van der Waals surface area contributed by atoms with Gasteiger partial charge in [-0.3, -0.25) is 0 Å². The van der Waals surface area contributed by atoms with Crippen LogP contribution in [0.5, 0.6) is 0 Å². The molecule has 5 nitrogen and oxygen atoms in total. The molecule has 0 saturated carbocycles. The van der Waals surface area contributed by atoms with Crippen LogP contribution in [0.2, 0.25) is 0 Å². The lowest BCUT2D eigenvalue weighted by Gasteiger charge is -2.35. The number of anilines is 1. The van der Waals surface area contributed by atoms with Crippen molar-refractivity contribution in [3.63, 3.8) is 0 Å². The molecule has 0 aliphatic carbocycles. The van der Waals surface area contributed by atoms with E-state index in [1.807, 2.05) is 0 Å². The van der Waals surface area contributed by atoms with Crippen molar-refractivity contribution in [2.24, 2.45) is 0 Å². The number of carboxylic acids is 1. The van der Waals surface area contributed by atoms with E-state index in [-0.39, 0.29) is 10.6 Å². The van der Waals surface area contributed by atoms with Gasteiger partial charge in [0.25, 0.3) is 0 Å². The van der Waals surface area contributed by atoms with Crippen LogP contribution in [0, 0.1) is 0 Å². The molecule has 0 radical (unpaired) electrons. The number of sulfone groups is 1. The molecule has 1 fully saturated rings. The Labute approximate surface area is 119 Å². The van der Waals surface area contributed by atoms with Crippen molar-refractivity contribution >= 4 is 21.5 Å². The minimum atomic E-state index is -3.36. The van der Waals surface area contributed by atoms with Crippen LogP contribution < -0.4 is 4.90 Å². The summed E-state index contributed by atoms with van der Waals surface area (Å²) in [6, 6.07) is 6.03. The van der Waals surface area contributed by atoms with E-state index in [0.717, 1.165) is 12.8 Å². The highest BCUT2D eigenvalue weighted by Gasteiger charge is 2.31. The van der Waals surface area contributed by atoms with Gasteiger partial charge in [0.05, 0.1) is 16.3 Å². The summed E-state index contributed by atoms with van der Waals surface area (Å²) in [6.07, 6.45) is 2.29. The molecule has 1 saturated heterocycles. The second-order valence-electron chi connectivity index (χ2n) is 4.91. The minimum Gasteiger partial charge on any atom is -0.480 e. The summed E-state index contributed by atoms with van der Waals surface area (Å²) in [5.41, 5.74) is 0.515. The van der Waals surface area contributed by atoms with Gasteiger partial charge < -0.3 is 10.0 Å². The van der Waals surface area contributed by atoms with Gasteiger partial charge in [-0.2, -0.15) is 0 Å². The standard InChI is InChI=1S/C14H19NO4S/c1-2-20(18,19)13-9-4-3-7-11(13)15-10-6-5-8-12(15)14(16)17/h3-4,7,9,12H,2,5-6,8,10H2,1H3,(H,16,17). The van der Waals surface area contributed by atoms with Gasteiger partial charge in [-0.15, -0.1) is 0 Å². The fraction of sp³-hybridized carbons (Fsp3) is 0.500. The Morgan fingerprint density at radius 2 is 2.05 bits per heavy atom. The van der Waals surface area contributed by atoms with E-state index in [4.69, 9.17) is 0 Å². The third-order valence-corrected chi connectivity index (χ3v) is 5.45. The first-order valence-electron chi connectivity index (χ1n) is 6.78. The zero-order valence-corrected chi connectivity index (χ0v) is 12.3. The summed E-state index contributed by atoms with van der Waals surface area (Å²) >= 11 is 0. The van der Waals surface area contributed by atoms with Gasteiger partial charge in [-0.1, -0.05) is 19.1 Å². The smallest absolute Gasteiger partial charge is 0.326 e. The number of carbonyl (C=O) groups is 1. The highest BCUT2D eigenvalue weighted by molar-refractivity contribution is 7.91. The number of aliphatic carboxylic acids is 1. The molecule has 20 heavy (non-hydrogen) atoms. The number of rotatable bonds is 4. The molecule has 110 valence electrons. The average molecular weight is 297 g/mol. The first kappa shape index (κ1) is 14.8. The van der Waals surface area contributed by atoms with Crippen molar-refractivity contribution in [2.45, 2.75) is 37.1 Å². The monoisotopic (exact) mass is 297 g/mol. The number of para-hydroxylation sites is 1. The number of benzene rings is 1. The van der Waals surface area contributed by atoms with Crippen LogP contribution in [0.1, 0.15) is 26.2 Å². The molecule has 0 aromatic heterocycles. The lowest BCUT2D eigenvalue weighted by molar-refractivity contribution is -0.139. The molecular formula is C14H19NO4S. The summed E-state index contributed by atoms with van der Waals surface area (Å²) in [5, 5.41) is 9.33. The number of hydrogen-bond donors (Lipinski definition) is 1. The normalized spacial score (nSPS) is 19.9. The molecule has 1 unspecified atom stereocenters. The van der Waals surface area contributed by atoms with Crippen LogP contribution in [0.4, 0.5) is 5.69 Å². The van der Waals surface area contributed by atoms with Crippen LogP contribution in [0.25, 0.3) is 0 Å². The van der Waals surface area contributed by atoms with Crippen LogP contribution in [0.15, 0.2) is 29.2 Å². The molecule has 0 bridgehead atoms. The van der Waals surface area contributed by atoms with Gasteiger partial charge in [0.1, 0.15) is 6.04 Å². The van der Waals surface area contributed by atoms with Crippen molar-refractivity contribution in [3.8, 4) is 0 Å². The second-order valence-corrected chi connectivity index (χ2v) is 7.16. The van der Waals surface area contributed by atoms with Crippen LogP contribution >= 0.6 is 0 Å². The van der Waals surface area contributed by atoms with E-state index < -0.39 is 21.8 Å². The molecule has 6 heteroatoms. The predicted molar refractivity (Wildman–Crippen MR) is 76.8 cm³/mol. The Morgan fingerprint density at radius 1 is 1.35 bits per heavy atom. The quantitative estimate of drug-likeness (QED) is 0.919. The Kier molecular flexibility index (Phi) is 4.32. The van der Waals surface area contributed by atoms with E-state index in [9.17, 15) is 18.3 Å². The van der Waals surface area contributed by atoms with Gasteiger partial charge in [0.2, 0.25) is 0 Å². The minimum absolute atomic E-state index is 0.00952. The summed E-state index contributed by atoms with van der Waals surface area (Å²) in [4.78, 5) is 13.3. The maximum Gasteiger partial charge on any atom is 0.326 e. The first-order valence-corrected chi connectivity index (χ1v) is 8.44. The van der Waals surface area contributed by atoms with E-state index in [0.29, 0.717) is 18.7 Å². The fourth-order valence-corrected chi connectivity index (χ4v) is 3.69. The van der Waals surface area contributed by atoms with Crippen molar-refractivity contribution < 1.29 is 18.3 Å². The Morgan fingerprint density at radius 3 is 2.70 bits per heavy atom. The third-order valence-electron chi connectivity index (χ3n) is 3.68. The number of nitrogens with zero attached hydrogens (tertiary/aromatic N) is 1. The number of hydrogen-bond acceptors (Lipinski definition) is 4. The predicted octanol–water partition coefficient (Wildman–Crippen LogP) is 1.92. The topological polar surface area (TPSA) is 74.7 Å². The van der Waals surface area contributed by atoms with Crippen LogP contribution in [-0.2, 0) is 14.6 Å². The Balaban J connectivity index is 2.49. The Bertz CT molecular complexity index is 597. The molecule has 0 spiro atoms. The molecule has 1 aliphatic heterocycles. The SMILES string of the molecule is CCS(=O)(=O)c1ccccc1N1CCCCC1C(=O)O. The molecule has 1 aromatic rings. The molecule has 1 aromatic carbocycles. The number of piperidine rings is 1. The lowest BCUT2D eigenvalue weighted by atomic mass is 10.0. The van der Waals surface area contributed by atoms with E-state index in [1.54, 1.807) is 36.1 Å². The van der Waals surface area contributed by atoms with Gasteiger partial charge in [0, 0.05) is 6.54 Å². The van der Waals surface area contributed by atoms with E-state index in [2.05, 4.69) is 0 Å². The maximum atomic E-state index is 12.2. The van der Waals surface area contributed by atoms with Crippen LogP contribution in [0.3, 0.4) is 0 Å². The summed E-state index contributed by atoms with van der Waals surface area (Å²) in [7, 11) is -3.36. The van der Waals surface area contributed by atoms with Crippen LogP contribution in [-0.4, -0.2) is 37.8 Å². The summed E-state index contributed by atoms with van der Waals surface area (Å²) < 4.78 is 24.3. The third kappa shape index (κ3) is 2.80. The highest BCUT2D eigenvalue weighted by atomic mass is 32.2. The maximum absolute atomic E-state index is 12.2. The second kappa shape index (κ2) is 5.83. The van der Waals surface area contributed by atoms with Crippen molar-refractivity contribution in [3.05, 3.63) is 24.3 Å². The zero-order valence-electron chi connectivity index (χ0n) is 11.4. The van der Waals surface area contributed by atoms with Crippen molar-refractivity contribution in [1.29, 1.82) is 0 Å². The largest absolute Gasteiger partial charge is 0.480 e. The van der Waals surface area contributed by atoms with E-state index >= 15 is 0 Å². The molecule has 1 N–H and O–H groups in total.